The molecule has 1 aliphatic rings. The molecule has 3 rings (SSSR count). The molecular formula is C18H19F3N2O2S. The summed E-state index contributed by atoms with van der Waals surface area (Å²) in [6, 6.07) is 9.10. The molecule has 0 unspecified atom stereocenters. The number of carbonyl (C=O) groups excluding carboxylic acids is 1. The van der Waals surface area contributed by atoms with Crippen LogP contribution >= 0.6 is 11.3 Å². The Labute approximate surface area is 153 Å². The van der Waals surface area contributed by atoms with Gasteiger partial charge in [0.25, 0.3) is 5.91 Å². The molecule has 8 heteroatoms. The van der Waals surface area contributed by atoms with Crippen molar-refractivity contribution in [2.24, 2.45) is 0 Å². The maximum atomic E-state index is 12.3. The standard InChI is InChI=1S/C18H19F3N2O2S/c19-18(20,21)25-14-7-5-13(6-8-14)17(24)22-12-15(16-4-3-11-26-16)23-9-1-2-10-23/h3-8,11,15H,1-2,9-10,12H2,(H,22,24)/t15-/m0/s1. The van der Waals surface area contributed by atoms with Crippen LogP contribution in [0.2, 0.25) is 0 Å². The summed E-state index contributed by atoms with van der Waals surface area (Å²) in [4.78, 5) is 15.9. The lowest BCUT2D eigenvalue weighted by atomic mass is 10.1. The largest absolute Gasteiger partial charge is 0.573 e. The van der Waals surface area contributed by atoms with Crippen LogP contribution in [0.5, 0.6) is 5.75 Å². The van der Waals surface area contributed by atoms with E-state index in [1.54, 1.807) is 11.3 Å². The summed E-state index contributed by atoms with van der Waals surface area (Å²) in [5.41, 5.74) is 0.297. The lowest BCUT2D eigenvalue weighted by Crippen LogP contribution is -2.36. The molecule has 1 fully saturated rings. The summed E-state index contributed by atoms with van der Waals surface area (Å²) >= 11 is 1.66. The number of hydrogen-bond acceptors (Lipinski definition) is 4. The van der Waals surface area contributed by atoms with Gasteiger partial charge in [0.1, 0.15) is 5.75 Å². The lowest BCUT2D eigenvalue weighted by Gasteiger charge is -2.27. The van der Waals surface area contributed by atoms with Gasteiger partial charge in [-0.05, 0) is 61.6 Å². The zero-order chi connectivity index (χ0) is 18.6. The molecule has 1 N–H and O–H groups in total. The van der Waals surface area contributed by atoms with E-state index in [1.165, 1.54) is 17.0 Å². The van der Waals surface area contributed by atoms with Crippen LogP contribution in [0.1, 0.15) is 34.1 Å². The molecule has 1 amide bonds. The van der Waals surface area contributed by atoms with Crippen LogP contribution < -0.4 is 10.1 Å². The van der Waals surface area contributed by atoms with Gasteiger partial charge in [0.2, 0.25) is 0 Å². The number of nitrogens with zero attached hydrogens (tertiary/aromatic N) is 1. The molecular weight excluding hydrogens is 365 g/mol. The predicted molar refractivity (Wildman–Crippen MR) is 93.3 cm³/mol. The fourth-order valence-corrected chi connectivity index (χ4v) is 3.90. The highest BCUT2D eigenvalue weighted by Crippen LogP contribution is 2.28. The van der Waals surface area contributed by atoms with Crippen molar-refractivity contribution in [3.63, 3.8) is 0 Å². The van der Waals surface area contributed by atoms with E-state index in [0.29, 0.717) is 12.1 Å². The van der Waals surface area contributed by atoms with Crippen LogP contribution in [0.15, 0.2) is 41.8 Å². The van der Waals surface area contributed by atoms with Crippen molar-refractivity contribution in [3.05, 3.63) is 52.2 Å². The molecule has 0 bridgehead atoms. The number of thiophene rings is 1. The first-order chi connectivity index (χ1) is 12.4. The molecule has 1 atom stereocenters. The first-order valence-electron chi connectivity index (χ1n) is 8.34. The van der Waals surface area contributed by atoms with E-state index in [2.05, 4.69) is 21.0 Å². The van der Waals surface area contributed by atoms with Crippen molar-refractivity contribution in [2.45, 2.75) is 25.2 Å². The van der Waals surface area contributed by atoms with Crippen molar-refractivity contribution in [1.29, 1.82) is 0 Å². The number of benzene rings is 1. The fourth-order valence-electron chi connectivity index (χ4n) is 3.04. The number of halogens is 3. The fraction of sp³-hybridized carbons (Fsp3) is 0.389. The average molecular weight is 384 g/mol. The molecule has 0 spiro atoms. The van der Waals surface area contributed by atoms with E-state index in [4.69, 9.17) is 0 Å². The van der Waals surface area contributed by atoms with Gasteiger partial charge in [-0.1, -0.05) is 6.07 Å². The van der Waals surface area contributed by atoms with Gasteiger partial charge >= 0.3 is 6.36 Å². The summed E-state index contributed by atoms with van der Waals surface area (Å²) in [5.74, 6) is -0.660. The van der Waals surface area contributed by atoms with Crippen molar-refractivity contribution in [1.82, 2.24) is 10.2 Å². The first kappa shape index (κ1) is 18.7. The minimum absolute atomic E-state index is 0.120. The number of carbonyl (C=O) groups is 1. The summed E-state index contributed by atoms with van der Waals surface area (Å²) in [6.07, 6.45) is -2.44. The SMILES string of the molecule is O=C(NC[C@@H](c1cccs1)N1CCCC1)c1ccc(OC(F)(F)F)cc1. The molecule has 0 saturated carbocycles. The van der Waals surface area contributed by atoms with Crippen LogP contribution in [0.3, 0.4) is 0 Å². The molecule has 0 aliphatic carbocycles. The number of hydrogen-bond donors (Lipinski definition) is 1. The number of alkyl halides is 3. The van der Waals surface area contributed by atoms with Gasteiger partial charge in [0, 0.05) is 17.0 Å². The second-order valence-electron chi connectivity index (χ2n) is 6.06. The third-order valence-corrected chi connectivity index (χ3v) is 5.23. The Hall–Kier alpha value is -2.06. The van der Waals surface area contributed by atoms with Crippen LogP contribution in [0, 0.1) is 0 Å². The molecule has 1 aromatic heterocycles. The molecule has 1 saturated heterocycles. The van der Waals surface area contributed by atoms with Gasteiger partial charge in [-0.15, -0.1) is 24.5 Å². The highest BCUT2D eigenvalue weighted by molar-refractivity contribution is 7.10. The zero-order valence-electron chi connectivity index (χ0n) is 14.0. The molecule has 4 nitrogen and oxygen atoms in total. The molecule has 0 radical (unpaired) electrons. The minimum Gasteiger partial charge on any atom is -0.406 e. The van der Waals surface area contributed by atoms with Crippen LogP contribution in [-0.2, 0) is 0 Å². The van der Waals surface area contributed by atoms with E-state index in [-0.39, 0.29) is 17.7 Å². The number of amides is 1. The number of ether oxygens (including phenoxy) is 1. The Morgan fingerprint density at radius 1 is 1.19 bits per heavy atom. The smallest absolute Gasteiger partial charge is 0.406 e. The molecule has 2 heterocycles. The highest BCUT2D eigenvalue weighted by Gasteiger charge is 2.31. The van der Waals surface area contributed by atoms with Gasteiger partial charge < -0.3 is 10.1 Å². The van der Waals surface area contributed by atoms with E-state index in [9.17, 15) is 18.0 Å². The topological polar surface area (TPSA) is 41.6 Å². The normalized spacial score (nSPS) is 16.4. The van der Waals surface area contributed by atoms with Crippen molar-refractivity contribution in [3.8, 4) is 5.75 Å². The summed E-state index contributed by atoms with van der Waals surface area (Å²) in [6.45, 7) is 2.46. The average Bonchev–Trinajstić information content (AvgIpc) is 3.28. The minimum atomic E-state index is -4.74. The maximum absolute atomic E-state index is 12.3. The van der Waals surface area contributed by atoms with Crippen LogP contribution in [-0.4, -0.2) is 36.8 Å². The Kier molecular flexibility index (Phi) is 5.83. The Morgan fingerprint density at radius 3 is 2.46 bits per heavy atom. The second kappa shape index (κ2) is 8.09. The lowest BCUT2D eigenvalue weighted by molar-refractivity contribution is -0.274. The predicted octanol–water partition coefficient (Wildman–Crippen LogP) is 4.21. The van der Waals surface area contributed by atoms with Crippen LogP contribution in [0.25, 0.3) is 0 Å². The molecule has 2 aromatic rings. The molecule has 1 aliphatic heterocycles. The zero-order valence-corrected chi connectivity index (χ0v) is 14.8. The Balaban J connectivity index is 1.61. The van der Waals surface area contributed by atoms with E-state index in [1.807, 2.05) is 11.4 Å². The third kappa shape index (κ3) is 4.98. The Morgan fingerprint density at radius 2 is 1.88 bits per heavy atom. The van der Waals surface area contributed by atoms with E-state index < -0.39 is 6.36 Å². The quantitative estimate of drug-likeness (QED) is 0.811. The molecule has 26 heavy (non-hydrogen) atoms. The van der Waals surface area contributed by atoms with Gasteiger partial charge in [0.05, 0.1) is 6.04 Å². The monoisotopic (exact) mass is 384 g/mol. The second-order valence-corrected chi connectivity index (χ2v) is 7.04. The number of likely N-dealkylation sites (tertiary alicyclic amines) is 1. The van der Waals surface area contributed by atoms with Gasteiger partial charge in [-0.2, -0.15) is 0 Å². The summed E-state index contributed by atoms with van der Waals surface area (Å²) in [7, 11) is 0. The summed E-state index contributed by atoms with van der Waals surface area (Å²) < 4.78 is 40.4. The third-order valence-electron chi connectivity index (χ3n) is 4.26. The maximum Gasteiger partial charge on any atom is 0.573 e. The molecule has 1 aromatic carbocycles. The Bertz CT molecular complexity index is 711. The first-order valence-corrected chi connectivity index (χ1v) is 9.22. The van der Waals surface area contributed by atoms with E-state index in [0.717, 1.165) is 38.1 Å². The van der Waals surface area contributed by atoms with Crippen molar-refractivity contribution in [2.75, 3.05) is 19.6 Å². The van der Waals surface area contributed by atoms with Gasteiger partial charge in [0.15, 0.2) is 0 Å². The molecule has 140 valence electrons. The van der Waals surface area contributed by atoms with Gasteiger partial charge in [-0.3, -0.25) is 9.69 Å². The van der Waals surface area contributed by atoms with Crippen molar-refractivity contribution >= 4 is 17.2 Å². The van der Waals surface area contributed by atoms with Crippen molar-refractivity contribution < 1.29 is 22.7 Å². The summed E-state index contributed by atoms with van der Waals surface area (Å²) in [5, 5.41) is 4.91. The van der Waals surface area contributed by atoms with Crippen LogP contribution in [0.4, 0.5) is 13.2 Å². The highest BCUT2D eigenvalue weighted by atomic mass is 32.1. The number of nitrogens with one attached hydrogen (secondary N) is 1. The van der Waals surface area contributed by atoms with Gasteiger partial charge in [-0.25, -0.2) is 0 Å². The number of rotatable bonds is 6. The van der Waals surface area contributed by atoms with E-state index >= 15 is 0 Å².